The van der Waals surface area contributed by atoms with Gasteiger partial charge in [-0.25, -0.2) is 9.37 Å². The number of fused-ring (bicyclic) bond motifs is 1. The summed E-state index contributed by atoms with van der Waals surface area (Å²) in [6.07, 6.45) is 0. The Kier molecular flexibility index (Phi) is 5.59. The molecule has 1 heterocycles. The van der Waals surface area contributed by atoms with Crippen LogP contribution in [0.2, 0.25) is 0 Å². The average molecular weight is 433 g/mol. The number of amides is 1. The minimum absolute atomic E-state index is 0.0678. The number of carbonyl (C=O) groups is 1. The topological polar surface area (TPSA) is 82.5 Å². The van der Waals surface area contributed by atoms with E-state index >= 15 is 0 Å². The lowest BCUT2D eigenvalue weighted by molar-refractivity contribution is 0.102. The van der Waals surface area contributed by atoms with E-state index in [9.17, 15) is 14.0 Å². The van der Waals surface area contributed by atoms with Crippen molar-refractivity contribution >= 4 is 22.5 Å². The van der Waals surface area contributed by atoms with Gasteiger partial charge < -0.3 is 14.8 Å². The molecule has 8 heteroatoms. The predicted molar refractivity (Wildman–Crippen MR) is 120 cm³/mol. The lowest BCUT2D eigenvalue weighted by Gasteiger charge is -2.14. The first-order valence-corrected chi connectivity index (χ1v) is 9.74. The van der Waals surface area contributed by atoms with Gasteiger partial charge in [-0.1, -0.05) is 12.1 Å². The summed E-state index contributed by atoms with van der Waals surface area (Å²) >= 11 is 0. The zero-order valence-corrected chi connectivity index (χ0v) is 17.7. The van der Waals surface area contributed by atoms with Gasteiger partial charge in [-0.2, -0.15) is 0 Å². The van der Waals surface area contributed by atoms with Crippen LogP contribution >= 0.6 is 0 Å². The predicted octanol–water partition coefficient (Wildman–Crippen LogP) is 4.10. The van der Waals surface area contributed by atoms with Gasteiger partial charge >= 0.3 is 0 Å². The van der Waals surface area contributed by atoms with Gasteiger partial charge in [-0.15, -0.1) is 0 Å². The van der Waals surface area contributed by atoms with E-state index in [-0.39, 0.29) is 16.8 Å². The van der Waals surface area contributed by atoms with Crippen molar-refractivity contribution in [3.63, 3.8) is 0 Å². The number of hydrogen-bond donors (Lipinski definition) is 1. The van der Waals surface area contributed by atoms with Gasteiger partial charge in [0.1, 0.15) is 11.6 Å². The highest BCUT2D eigenvalue weighted by molar-refractivity contribution is 6.04. The van der Waals surface area contributed by atoms with E-state index in [0.29, 0.717) is 33.9 Å². The Bertz CT molecular complexity index is 1400. The smallest absolute Gasteiger partial charge is 0.265 e. The normalized spacial score (nSPS) is 10.8. The number of carbonyl (C=O) groups excluding carboxylic acids is 1. The third-order valence-electron chi connectivity index (χ3n) is 5.05. The van der Waals surface area contributed by atoms with Gasteiger partial charge in [0.2, 0.25) is 0 Å². The molecule has 0 saturated carbocycles. The quantitative estimate of drug-likeness (QED) is 0.512. The Morgan fingerprint density at radius 3 is 2.50 bits per heavy atom. The Morgan fingerprint density at radius 2 is 1.75 bits per heavy atom. The van der Waals surface area contributed by atoms with Crippen LogP contribution in [0.3, 0.4) is 0 Å². The number of ether oxygens (including phenoxy) is 2. The molecule has 32 heavy (non-hydrogen) atoms. The molecule has 0 bridgehead atoms. The SMILES string of the molecule is COc1ccc(C(=O)Nc2cc(-n3c(C)nc4ccccc4c3=O)ccc2F)cc1OC. The maximum atomic E-state index is 14.5. The highest BCUT2D eigenvalue weighted by atomic mass is 19.1. The highest BCUT2D eigenvalue weighted by Gasteiger charge is 2.15. The molecule has 0 unspecified atom stereocenters. The monoisotopic (exact) mass is 433 g/mol. The average Bonchev–Trinajstić information content (AvgIpc) is 2.80. The van der Waals surface area contributed by atoms with Gasteiger partial charge in [0.15, 0.2) is 11.5 Å². The largest absolute Gasteiger partial charge is 0.493 e. The second kappa shape index (κ2) is 8.50. The van der Waals surface area contributed by atoms with Crippen molar-refractivity contribution in [2.45, 2.75) is 6.92 Å². The molecule has 0 aliphatic carbocycles. The number of aromatic nitrogens is 2. The molecule has 3 aromatic carbocycles. The van der Waals surface area contributed by atoms with Crippen LogP contribution in [0.25, 0.3) is 16.6 Å². The zero-order valence-electron chi connectivity index (χ0n) is 17.7. The van der Waals surface area contributed by atoms with Crippen LogP contribution in [0.15, 0.2) is 65.5 Å². The summed E-state index contributed by atoms with van der Waals surface area (Å²) in [4.78, 5) is 30.2. The third kappa shape index (κ3) is 3.78. The van der Waals surface area contributed by atoms with Gasteiger partial charge in [0.25, 0.3) is 11.5 Å². The molecule has 1 aromatic heterocycles. The van der Waals surface area contributed by atoms with Crippen molar-refractivity contribution in [2.75, 3.05) is 19.5 Å². The molecule has 0 aliphatic rings. The van der Waals surface area contributed by atoms with E-state index < -0.39 is 11.7 Å². The summed E-state index contributed by atoms with van der Waals surface area (Å²) in [5, 5.41) is 3.00. The molecule has 0 radical (unpaired) electrons. The van der Waals surface area contributed by atoms with Crippen LogP contribution in [-0.2, 0) is 0 Å². The number of para-hydroxylation sites is 1. The van der Waals surface area contributed by atoms with Crippen molar-refractivity contribution in [1.29, 1.82) is 0 Å². The summed E-state index contributed by atoms with van der Waals surface area (Å²) < 4.78 is 26.3. The van der Waals surface area contributed by atoms with E-state index in [4.69, 9.17) is 9.47 Å². The number of aryl methyl sites for hydroxylation is 1. The molecule has 4 aromatic rings. The van der Waals surface area contributed by atoms with Crippen molar-refractivity contribution in [3.05, 3.63) is 88.2 Å². The lowest BCUT2D eigenvalue weighted by atomic mass is 10.1. The van der Waals surface area contributed by atoms with E-state index in [1.807, 2.05) is 0 Å². The van der Waals surface area contributed by atoms with Gasteiger partial charge in [0.05, 0.1) is 36.5 Å². The number of anilines is 1. The molecule has 0 fully saturated rings. The van der Waals surface area contributed by atoms with Crippen molar-refractivity contribution in [2.24, 2.45) is 0 Å². The second-order valence-corrected chi connectivity index (χ2v) is 7.00. The Labute approximate surface area is 183 Å². The minimum Gasteiger partial charge on any atom is -0.493 e. The fourth-order valence-electron chi connectivity index (χ4n) is 3.47. The van der Waals surface area contributed by atoms with Crippen LogP contribution in [0.4, 0.5) is 10.1 Å². The standard InChI is InChI=1S/C24H20FN3O4/c1-14-26-19-7-5-4-6-17(19)24(30)28(14)16-9-10-18(25)20(13-16)27-23(29)15-8-11-21(31-2)22(12-15)32-3/h4-13H,1-3H3,(H,27,29). The van der Waals surface area contributed by atoms with E-state index in [1.54, 1.807) is 43.3 Å². The van der Waals surface area contributed by atoms with Crippen LogP contribution in [0.1, 0.15) is 16.2 Å². The molecule has 162 valence electrons. The van der Waals surface area contributed by atoms with Gasteiger partial charge in [0, 0.05) is 5.56 Å². The molecule has 0 spiro atoms. The van der Waals surface area contributed by atoms with Crippen molar-refractivity contribution < 1.29 is 18.7 Å². The lowest BCUT2D eigenvalue weighted by Crippen LogP contribution is -2.22. The molecule has 4 rings (SSSR count). The third-order valence-corrected chi connectivity index (χ3v) is 5.05. The number of methoxy groups -OCH3 is 2. The van der Waals surface area contributed by atoms with E-state index in [1.165, 1.54) is 43.1 Å². The zero-order chi connectivity index (χ0) is 22.8. The van der Waals surface area contributed by atoms with Crippen LogP contribution in [0.5, 0.6) is 11.5 Å². The van der Waals surface area contributed by atoms with Crippen LogP contribution in [-0.4, -0.2) is 29.7 Å². The molecule has 1 amide bonds. The first-order valence-electron chi connectivity index (χ1n) is 9.74. The Morgan fingerprint density at radius 1 is 1.00 bits per heavy atom. The van der Waals surface area contributed by atoms with Crippen molar-refractivity contribution in [3.8, 4) is 17.2 Å². The molecular formula is C24H20FN3O4. The molecule has 0 saturated heterocycles. The molecule has 0 aliphatic heterocycles. The Hall–Kier alpha value is -4.20. The number of benzene rings is 3. The Balaban J connectivity index is 1.72. The summed E-state index contributed by atoms with van der Waals surface area (Å²) in [5.41, 5.74) is 0.872. The van der Waals surface area contributed by atoms with Crippen LogP contribution < -0.4 is 20.3 Å². The second-order valence-electron chi connectivity index (χ2n) is 7.00. The number of rotatable bonds is 5. The number of halogens is 1. The van der Waals surface area contributed by atoms with E-state index in [2.05, 4.69) is 10.3 Å². The number of nitrogens with one attached hydrogen (secondary N) is 1. The first kappa shape index (κ1) is 21.0. The summed E-state index contributed by atoms with van der Waals surface area (Å²) in [7, 11) is 2.95. The molecule has 1 N–H and O–H groups in total. The van der Waals surface area contributed by atoms with Crippen molar-refractivity contribution in [1.82, 2.24) is 9.55 Å². The van der Waals surface area contributed by atoms with E-state index in [0.717, 1.165) is 0 Å². The van der Waals surface area contributed by atoms with Gasteiger partial charge in [-0.05, 0) is 55.5 Å². The first-order chi connectivity index (χ1) is 15.4. The highest BCUT2D eigenvalue weighted by Crippen LogP contribution is 2.28. The summed E-state index contributed by atoms with van der Waals surface area (Å²) in [6.45, 7) is 1.69. The van der Waals surface area contributed by atoms with Gasteiger partial charge in [-0.3, -0.25) is 14.2 Å². The minimum atomic E-state index is -0.637. The van der Waals surface area contributed by atoms with Crippen LogP contribution in [0, 0.1) is 12.7 Å². The molecule has 0 atom stereocenters. The molecular weight excluding hydrogens is 413 g/mol. The summed E-state index contributed by atoms with van der Waals surface area (Å²) in [6, 6.07) is 15.7. The fraction of sp³-hybridized carbons (Fsp3) is 0.125. The number of nitrogens with zero attached hydrogens (tertiary/aromatic N) is 2. The number of hydrogen-bond acceptors (Lipinski definition) is 5. The summed E-state index contributed by atoms with van der Waals surface area (Å²) in [5.74, 6) is 0.108. The maximum absolute atomic E-state index is 14.5. The fourth-order valence-corrected chi connectivity index (χ4v) is 3.47. The maximum Gasteiger partial charge on any atom is 0.265 e. The molecule has 7 nitrogen and oxygen atoms in total.